The number of aromatic nitrogens is 2. The van der Waals surface area contributed by atoms with Gasteiger partial charge in [-0.05, 0) is 80.7 Å². The Bertz CT molecular complexity index is 1110. The molecule has 3 aromatic rings. The maximum atomic E-state index is 12.2. The number of hydrogen-bond acceptors (Lipinski definition) is 3. The standard InChI is InChI=1S/C32H47N3O2/c1-6-26(7-2)32(36)33-20-12-8-9-17-31-34-28-15-10-11-16-29(28)35(31)21-13-14-22-37-30-23-25(5)18-19-27(30)24(3)4/h10-11,15-16,18-19,23-24,26H,6-9,12-14,17,20-22H2,1-5H3,(H,33,36). The molecular formula is C32H47N3O2. The van der Waals surface area contributed by atoms with Crippen molar-refractivity contribution in [2.24, 2.45) is 5.92 Å². The van der Waals surface area contributed by atoms with Crippen LogP contribution in [0.2, 0.25) is 0 Å². The first-order chi connectivity index (χ1) is 17.9. The van der Waals surface area contributed by atoms with Crippen LogP contribution in [0.4, 0.5) is 0 Å². The number of imidazole rings is 1. The minimum atomic E-state index is 0.152. The molecule has 1 heterocycles. The van der Waals surface area contributed by atoms with E-state index in [1.807, 2.05) is 0 Å². The summed E-state index contributed by atoms with van der Waals surface area (Å²) in [5.41, 5.74) is 4.81. The molecule has 1 amide bonds. The third kappa shape index (κ3) is 8.34. The van der Waals surface area contributed by atoms with Gasteiger partial charge in [-0.1, -0.05) is 58.4 Å². The molecule has 0 aliphatic carbocycles. The predicted octanol–water partition coefficient (Wildman–Crippen LogP) is 7.59. The van der Waals surface area contributed by atoms with Gasteiger partial charge in [-0.2, -0.15) is 0 Å². The first-order valence-electron chi connectivity index (χ1n) is 14.4. The number of nitrogens with zero attached hydrogens (tertiary/aromatic N) is 2. The summed E-state index contributed by atoms with van der Waals surface area (Å²) in [6, 6.07) is 15.0. The number of amides is 1. The van der Waals surface area contributed by atoms with E-state index in [9.17, 15) is 4.79 Å². The number of carbonyl (C=O) groups is 1. The van der Waals surface area contributed by atoms with Crippen molar-refractivity contribution in [1.82, 2.24) is 14.9 Å². The van der Waals surface area contributed by atoms with Crippen molar-refractivity contribution in [1.29, 1.82) is 0 Å². The van der Waals surface area contributed by atoms with Gasteiger partial charge in [-0.3, -0.25) is 4.79 Å². The van der Waals surface area contributed by atoms with Gasteiger partial charge in [0.2, 0.25) is 5.91 Å². The van der Waals surface area contributed by atoms with Gasteiger partial charge < -0.3 is 14.6 Å². The average Bonchev–Trinajstić information content (AvgIpc) is 3.23. The summed E-state index contributed by atoms with van der Waals surface area (Å²) in [5, 5.41) is 3.11. The highest BCUT2D eigenvalue weighted by Gasteiger charge is 2.13. The molecule has 37 heavy (non-hydrogen) atoms. The number of aryl methyl sites for hydroxylation is 3. The number of ether oxygens (including phenoxy) is 1. The Labute approximate surface area is 224 Å². The van der Waals surface area contributed by atoms with Crippen LogP contribution in [0.15, 0.2) is 42.5 Å². The molecule has 0 atom stereocenters. The lowest BCUT2D eigenvalue weighted by atomic mass is 10.0. The van der Waals surface area contributed by atoms with E-state index in [2.05, 4.69) is 87.0 Å². The average molecular weight is 506 g/mol. The lowest BCUT2D eigenvalue weighted by Gasteiger charge is -2.15. The van der Waals surface area contributed by atoms with Gasteiger partial charge in [0, 0.05) is 25.4 Å². The lowest BCUT2D eigenvalue weighted by Crippen LogP contribution is -2.30. The second-order valence-corrected chi connectivity index (χ2v) is 10.5. The summed E-state index contributed by atoms with van der Waals surface area (Å²) in [7, 11) is 0. The molecule has 0 spiro atoms. The normalized spacial score (nSPS) is 11.5. The largest absolute Gasteiger partial charge is 0.493 e. The molecule has 0 radical (unpaired) electrons. The van der Waals surface area contributed by atoms with Crippen molar-refractivity contribution >= 4 is 16.9 Å². The van der Waals surface area contributed by atoms with Crippen LogP contribution >= 0.6 is 0 Å². The third-order valence-electron chi connectivity index (χ3n) is 7.29. The summed E-state index contributed by atoms with van der Waals surface area (Å²) < 4.78 is 8.61. The van der Waals surface area contributed by atoms with Gasteiger partial charge in [-0.25, -0.2) is 4.98 Å². The Hall–Kier alpha value is -2.82. The molecule has 0 bridgehead atoms. The minimum absolute atomic E-state index is 0.152. The van der Waals surface area contributed by atoms with Gasteiger partial charge in [0.25, 0.3) is 0 Å². The highest BCUT2D eigenvalue weighted by Crippen LogP contribution is 2.27. The van der Waals surface area contributed by atoms with E-state index in [1.54, 1.807) is 0 Å². The summed E-state index contributed by atoms with van der Waals surface area (Å²) >= 11 is 0. The van der Waals surface area contributed by atoms with Crippen molar-refractivity contribution in [3.05, 3.63) is 59.4 Å². The fourth-order valence-electron chi connectivity index (χ4n) is 4.96. The van der Waals surface area contributed by atoms with Crippen LogP contribution in [0.3, 0.4) is 0 Å². The van der Waals surface area contributed by atoms with Crippen molar-refractivity contribution < 1.29 is 9.53 Å². The van der Waals surface area contributed by atoms with Crippen LogP contribution in [0.25, 0.3) is 11.0 Å². The molecule has 0 unspecified atom stereocenters. The number of carbonyl (C=O) groups excluding carboxylic acids is 1. The Morgan fingerprint density at radius 3 is 2.54 bits per heavy atom. The number of fused-ring (bicyclic) bond motifs is 1. The molecule has 2 aromatic carbocycles. The van der Waals surface area contributed by atoms with Crippen molar-refractivity contribution in [2.45, 2.75) is 98.4 Å². The van der Waals surface area contributed by atoms with Crippen LogP contribution in [-0.2, 0) is 17.8 Å². The molecule has 0 aliphatic heterocycles. The van der Waals surface area contributed by atoms with E-state index >= 15 is 0 Å². The van der Waals surface area contributed by atoms with Gasteiger partial charge >= 0.3 is 0 Å². The number of hydrogen-bond donors (Lipinski definition) is 1. The lowest BCUT2D eigenvalue weighted by molar-refractivity contribution is -0.125. The van der Waals surface area contributed by atoms with Gasteiger partial charge in [0.1, 0.15) is 11.6 Å². The van der Waals surface area contributed by atoms with E-state index in [-0.39, 0.29) is 11.8 Å². The highest BCUT2D eigenvalue weighted by atomic mass is 16.5. The molecule has 0 saturated carbocycles. The van der Waals surface area contributed by atoms with E-state index < -0.39 is 0 Å². The summed E-state index contributed by atoms with van der Waals surface area (Å²) in [6.45, 7) is 13.2. The minimum Gasteiger partial charge on any atom is -0.493 e. The Morgan fingerprint density at radius 1 is 1.00 bits per heavy atom. The first kappa shape index (κ1) is 28.7. The highest BCUT2D eigenvalue weighted by molar-refractivity contribution is 5.78. The molecule has 5 heteroatoms. The smallest absolute Gasteiger partial charge is 0.223 e. The number of unbranched alkanes of at least 4 members (excludes halogenated alkanes) is 3. The molecule has 1 aromatic heterocycles. The van der Waals surface area contributed by atoms with E-state index in [0.717, 1.165) is 82.3 Å². The monoisotopic (exact) mass is 505 g/mol. The second-order valence-electron chi connectivity index (χ2n) is 10.5. The first-order valence-corrected chi connectivity index (χ1v) is 14.4. The van der Waals surface area contributed by atoms with E-state index in [1.165, 1.54) is 22.5 Å². The second kappa shape index (κ2) is 14.8. The summed E-state index contributed by atoms with van der Waals surface area (Å²) in [6.07, 6.45) is 8.04. The Balaban J connectivity index is 1.48. The van der Waals surface area contributed by atoms with Crippen LogP contribution in [0.1, 0.15) is 95.5 Å². The number of rotatable bonds is 16. The third-order valence-corrected chi connectivity index (χ3v) is 7.29. The molecule has 0 saturated heterocycles. The topological polar surface area (TPSA) is 56.2 Å². The van der Waals surface area contributed by atoms with Crippen LogP contribution < -0.4 is 10.1 Å². The van der Waals surface area contributed by atoms with E-state index in [4.69, 9.17) is 9.72 Å². The van der Waals surface area contributed by atoms with Crippen LogP contribution in [0, 0.1) is 12.8 Å². The van der Waals surface area contributed by atoms with Gasteiger partial charge in [-0.15, -0.1) is 0 Å². The van der Waals surface area contributed by atoms with E-state index in [0.29, 0.717) is 5.92 Å². The molecule has 0 aliphatic rings. The van der Waals surface area contributed by atoms with Crippen molar-refractivity contribution in [3.8, 4) is 5.75 Å². The quantitative estimate of drug-likeness (QED) is 0.204. The fraction of sp³-hybridized carbons (Fsp3) is 0.562. The number of para-hydroxylation sites is 2. The molecule has 202 valence electrons. The van der Waals surface area contributed by atoms with Crippen molar-refractivity contribution in [3.63, 3.8) is 0 Å². The van der Waals surface area contributed by atoms with Crippen molar-refractivity contribution in [2.75, 3.05) is 13.2 Å². The zero-order valence-corrected chi connectivity index (χ0v) is 23.7. The number of nitrogens with one attached hydrogen (secondary N) is 1. The van der Waals surface area contributed by atoms with Gasteiger partial charge in [0.05, 0.1) is 17.6 Å². The number of benzene rings is 2. The zero-order chi connectivity index (χ0) is 26.6. The van der Waals surface area contributed by atoms with Gasteiger partial charge in [0.15, 0.2) is 0 Å². The van der Waals surface area contributed by atoms with Crippen LogP contribution in [0.5, 0.6) is 5.75 Å². The molecule has 3 rings (SSSR count). The summed E-state index contributed by atoms with van der Waals surface area (Å²) in [5.74, 6) is 3.01. The maximum Gasteiger partial charge on any atom is 0.223 e. The predicted molar refractivity (Wildman–Crippen MR) is 154 cm³/mol. The Kier molecular flexibility index (Phi) is 11.5. The maximum absolute atomic E-state index is 12.2. The Morgan fingerprint density at radius 2 is 1.78 bits per heavy atom. The fourth-order valence-corrected chi connectivity index (χ4v) is 4.96. The SMILES string of the molecule is CCC(CC)C(=O)NCCCCCc1nc2ccccc2n1CCCCOc1cc(C)ccc1C(C)C. The van der Waals surface area contributed by atoms with Crippen LogP contribution in [-0.4, -0.2) is 28.6 Å². The molecule has 5 nitrogen and oxygen atoms in total. The molecule has 0 fully saturated rings. The molecular weight excluding hydrogens is 458 g/mol. The summed E-state index contributed by atoms with van der Waals surface area (Å²) in [4.78, 5) is 17.1. The molecule has 1 N–H and O–H groups in total. The zero-order valence-electron chi connectivity index (χ0n) is 23.7.